The summed E-state index contributed by atoms with van der Waals surface area (Å²) < 4.78 is 0. The van der Waals surface area contributed by atoms with Crippen LogP contribution in [0.2, 0.25) is 0 Å². The Hall–Kier alpha value is -6.27. The van der Waals surface area contributed by atoms with Gasteiger partial charge in [-0.1, -0.05) is 50.2 Å². The van der Waals surface area contributed by atoms with Crippen LogP contribution in [0.15, 0.2) is 64.9 Å². The lowest BCUT2D eigenvalue weighted by atomic mass is 9.83. The van der Waals surface area contributed by atoms with E-state index in [4.69, 9.17) is 5.73 Å². The second-order valence-electron chi connectivity index (χ2n) is 17.3. The zero-order valence-corrected chi connectivity index (χ0v) is 36.5. The van der Waals surface area contributed by atoms with Crippen molar-refractivity contribution < 1.29 is 43.5 Å². The Morgan fingerprint density at radius 2 is 1.69 bits per heavy atom. The van der Waals surface area contributed by atoms with E-state index in [2.05, 4.69) is 36.1 Å². The van der Waals surface area contributed by atoms with Gasteiger partial charge in [-0.3, -0.25) is 53.7 Å². The molecule has 2 saturated heterocycles. The number of carbonyl (C=O) groups is 8. The molecule has 18 nitrogen and oxygen atoms in total. The number of fused-ring (bicyclic) bond motifs is 1. The van der Waals surface area contributed by atoms with Crippen molar-refractivity contribution in [2.24, 2.45) is 22.6 Å². The van der Waals surface area contributed by atoms with Gasteiger partial charge in [0.2, 0.25) is 23.6 Å². The van der Waals surface area contributed by atoms with Crippen LogP contribution in [0.25, 0.3) is 0 Å². The summed E-state index contributed by atoms with van der Waals surface area (Å²) in [5.74, 6) is -3.58. The smallest absolute Gasteiger partial charge is 0.312 e. The Morgan fingerprint density at radius 1 is 0.953 bits per heavy atom. The maximum absolute atomic E-state index is 13.9. The summed E-state index contributed by atoms with van der Waals surface area (Å²) in [6.45, 7) is 7.82. The second-order valence-corrected chi connectivity index (χ2v) is 17.3. The number of benzene rings is 2. The number of hydrogen-bond donors (Lipinski definition) is 6. The number of piperazine rings is 1. The average Bonchev–Trinajstić information content (AvgIpc) is 3.60. The first-order chi connectivity index (χ1) is 30.7. The number of amides is 7. The summed E-state index contributed by atoms with van der Waals surface area (Å²) in [5, 5.41) is 21.1. The molecule has 0 radical (unpaired) electrons. The number of imide groups is 1. The molecule has 342 valence electrons. The predicted molar refractivity (Wildman–Crippen MR) is 237 cm³/mol. The molecule has 2 aromatic rings. The van der Waals surface area contributed by atoms with Crippen LogP contribution in [0.3, 0.4) is 0 Å². The van der Waals surface area contributed by atoms with Gasteiger partial charge in [-0.15, -0.1) is 0 Å². The molecule has 3 heterocycles. The van der Waals surface area contributed by atoms with Crippen molar-refractivity contribution in [3.05, 3.63) is 76.6 Å². The van der Waals surface area contributed by atoms with E-state index in [0.717, 1.165) is 5.56 Å². The van der Waals surface area contributed by atoms with Crippen molar-refractivity contribution >= 4 is 59.0 Å². The van der Waals surface area contributed by atoms with E-state index in [1.807, 2.05) is 44.2 Å². The third kappa shape index (κ3) is 12.3. The van der Waals surface area contributed by atoms with E-state index >= 15 is 0 Å². The van der Waals surface area contributed by atoms with Crippen molar-refractivity contribution in [3.8, 4) is 0 Å². The van der Waals surface area contributed by atoms with Gasteiger partial charge in [0.1, 0.15) is 23.6 Å². The maximum Gasteiger partial charge on any atom is 0.312 e. The molecule has 4 aliphatic rings. The van der Waals surface area contributed by atoms with Crippen LogP contribution in [0.1, 0.15) is 86.2 Å². The monoisotopic (exact) mass is 881 g/mol. The zero-order valence-electron chi connectivity index (χ0n) is 36.5. The number of nitrogens with one attached hydrogen (secondary N) is 4. The standard InChI is InChI=1S/C46H59N9O9/c1-28(2)33(24-31(56)26-54-20-18-53(19-21-54)17-16-48-25-34-39(57)22-30(23-40(34)58)29-8-4-3-5-9-29)42(60)51-37(12-7-15-49-46(47)64)43(61)50-36-11-6-10-32-35(36)27-55(45(32)63)38-13-14-41(59)52-44(38)62/h3-6,8-11,25,28,30,33,37-38,57H,7,12-24,26-27H2,1-2H3,(H,50,61)(H,51,60)(H3,47,49,64)(H,52,59,62)/t30?,33-,37-,38?/m0/s1. The highest BCUT2D eigenvalue weighted by atomic mass is 16.3. The number of urea groups is 1. The first-order valence-corrected chi connectivity index (χ1v) is 22.1. The number of aliphatic imine (C=N–C) groups is 1. The lowest BCUT2D eigenvalue weighted by molar-refractivity contribution is -0.137. The number of aliphatic hydroxyl groups excluding tert-OH is 1. The quantitative estimate of drug-likeness (QED) is 0.0678. The fraction of sp³-hybridized carbons (Fsp3) is 0.500. The fourth-order valence-electron chi connectivity index (χ4n) is 8.72. The lowest BCUT2D eigenvalue weighted by Gasteiger charge is -2.34. The highest BCUT2D eigenvalue weighted by Gasteiger charge is 2.40. The number of piperidine rings is 1. The van der Waals surface area contributed by atoms with Gasteiger partial charge < -0.3 is 31.7 Å². The van der Waals surface area contributed by atoms with Gasteiger partial charge in [0.05, 0.1) is 18.7 Å². The molecule has 0 aromatic heterocycles. The average molecular weight is 882 g/mol. The largest absolute Gasteiger partial charge is 0.511 e. The van der Waals surface area contributed by atoms with Crippen LogP contribution < -0.4 is 27.0 Å². The Morgan fingerprint density at radius 3 is 2.38 bits per heavy atom. The minimum Gasteiger partial charge on any atom is -0.511 e. The number of nitrogens with two attached hydrogens (primary N) is 1. The van der Waals surface area contributed by atoms with Gasteiger partial charge in [-0.2, -0.15) is 0 Å². The van der Waals surface area contributed by atoms with Crippen molar-refractivity contribution in [2.75, 3.05) is 57.7 Å². The van der Waals surface area contributed by atoms with Crippen LogP contribution in [0, 0.1) is 11.8 Å². The van der Waals surface area contributed by atoms with E-state index in [9.17, 15) is 43.5 Å². The number of hydrogen-bond acceptors (Lipinski definition) is 12. The molecule has 6 rings (SSSR count). The first kappa shape index (κ1) is 47.2. The SMILES string of the molecule is CC(C)[C@H](CC(=O)CN1CCN(CCN=CC2=C(O)CC(c3ccccc3)CC2=O)CC1)C(=O)N[C@@H](CCCNC(N)=O)C(=O)Nc1cccc2c1CN(C1CCC(=O)NC1=O)C2=O. The van der Waals surface area contributed by atoms with Crippen molar-refractivity contribution in [1.82, 2.24) is 30.7 Å². The number of aliphatic hydroxyl groups is 1. The van der Waals surface area contributed by atoms with Crippen LogP contribution in [-0.4, -0.2) is 138 Å². The minimum atomic E-state index is -1.08. The van der Waals surface area contributed by atoms with Crippen molar-refractivity contribution in [2.45, 2.75) is 83.3 Å². The summed E-state index contributed by atoms with van der Waals surface area (Å²) in [4.78, 5) is 113. The Kier molecular flexibility index (Phi) is 16.1. The molecule has 64 heavy (non-hydrogen) atoms. The molecule has 2 aromatic carbocycles. The molecule has 0 spiro atoms. The predicted octanol–water partition coefficient (Wildman–Crippen LogP) is 2.20. The highest BCUT2D eigenvalue weighted by molar-refractivity contribution is 6.14. The van der Waals surface area contributed by atoms with Gasteiger partial charge in [0.15, 0.2) is 5.78 Å². The van der Waals surface area contributed by atoms with Gasteiger partial charge in [0, 0.05) is 100 Å². The molecule has 18 heteroatoms. The molecule has 3 aliphatic heterocycles. The Labute approximate surface area is 372 Å². The molecule has 7 amide bonds. The van der Waals surface area contributed by atoms with Gasteiger partial charge in [-0.05, 0) is 48.8 Å². The molecule has 0 saturated carbocycles. The van der Waals surface area contributed by atoms with E-state index in [0.29, 0.717) is 68.9 Å². The Bertz CT molecular complexity index is 2170. The third-order valence-corrected chi connectivity index (χ3v) is 12.4. The number of Topliss-reactive ketones (excluding diaryl/α,β-unsaturated/α-hetero) is 2. The molecule has 1 aliphatic carbocycles. The minimum absolute atomic E-state index is 0.0297. The summed E-state index contributed by atoms with van der Waals surface area (Å²) in [6, 6.07) is 11.9. The van der Waals surface area contributed by atoms with Gasteiger partial charge in [0.25, 0.3) is 5.91 Å². The fourth-order valence-corrected chi connectivity index (χ4v) is 8.72. The molecule has 4 atom stereocenters. The van der Waals surface area contributed by atoms with Gasteiger partial charge in [-0.25, -0.2) is 4.79 Å². The van der Waals surface area contributed by atoms with E-state index in [1.165, 1.54) is 11.1 Å². The molecule has 2 fully saturated rings. The van der Waals surface area contributed by atoms with E-state index in [1.54, 1.807) is 18.2 Å². The molecule has 2 unspecified atom stereocenters. The maximum atomic E-state index is 13.9. The van der Waals surface area contributed by atoms with Crippen LogP contribution in [0.5, 0.6) is 0 Å². The van der Waals surface area contributed by atoms with Gasteiger partial charge >= 0.3 is 6.03 Å². The summed E-state index contributed by atoms with van der Waals surface area (Å²) in [5.41, 5.74) is 7.66. The second kappa shape index (κ2) is 21.9. The van der Waals surface area contributed by atoms with Crippen LogP contribution >= 0.6 is 0 Å². The lowest BCUT2D eigenvalue weighted by Crippen LogP contribution is -2.52. The Balaban J connectivity index is 0.991. The highest BCUT2D eigenvalue weighted by Crippen LogP contribution is 2.34. The van der Waals surface area contributed by atoms with Crippen LogP contribution in [0.4, 0.5) is 10.5 Å². The van der Waals surface area contributed by atoms with Crippen molar-refractivity contribution in [1.29, 1.82) is 0 Å². The molecular formula is C46H59N9O9. The third-order valence-electron chi connectivity index (χ3n) is 12.4. The van der Waals surface area contributed by atoms with Crippen molar-refractivity contribution in [3.63, 3.8) is 0 Å². The number of nitrogens with zero attached hydrogens (tertiary/aromatic N) is 4. The number of anilines is 1. The summed E-state index contributed by atoms with van der Waals surface area (Å²) >= 11 is 0. The summed E-state index contributed by atoms with van der Waals surface area (Å²) in [6.07, 6.45) is 2.87. The van der Waals surface area contributed by atoms with E-state index in [-0.39, 0.29) is 86.5 Å². The number of ketones is 2. The molecule has 0 bridgehead atoms. The normalized spacial score (nSPS) is 20.6. The number of allylic oxidation sites excluding steroid dienone is 2. The zero-order chi connectivity index (χ0) is 45.9. The number of carbonyl (C=O) groups excluding carboxylic acids is 8. The first-order valence-electron chi connectivity index (χ1n) is 22.1. The molecule has 7 N–H and O–H groups in total. The number of rotatable bonds is 19. The molecular weight excluding hydrogens is 823 g/mol. The summed E-state index contributed by atoms with van der Waals surface area (Å²) in [7, 11) is 0. The van der Waals surface area contributed by atoms with E-state index < -0.39 is 53.6 Å². The number of primary amides is 1. The van der Waals surface area contributed by atoms with Crippen LogP contribution in [-0.2, 0) is 35.3 Å². The topological polar surface area (TPSA) is 253 Å².